The zero-order valence-electron chi connectivity index (χ0n) is 18.1. The summed E-state index contributed by atoms with van der Waals surface area (Å²) >= 11 is 0. The minimum Gasteiger partial charge on any atom is -0.359 e. The Balaban J connectivity index is 1.36. The summed E-state index contributed by atoms with van der Waals surface area (Å²) in [6, 6.07) is 10.9. The number of hydrogen-bond acceptors (Lipinski definition) is 4. The van der Waals surface area contributed by atoms with E-state index in [0.717, 1.165) is 69.3 Å². The van der Waals surface area contributed by atoms with Gasteiger partial charge in [0.25, 0.3) is 0 Å². The highest BCUT2D eigenvalue weighted by molar-refractivity contribution is 5.79. The maximum absolute atomic E-state index is 5.48. The Morgan fingerprint density at radius 2 is 2.00 bits per heavy atom. The van der Waals surface area contributed by atoms with Gasteiger partial charge in [0.1, 0.15) is 0 Å². The van der Waals surface area contributed by atoms with Crippen LogP contribution in [0.3, 0.4) is 0 Å². The van der Waals surface area contributed by atoms with Crippen LogP contribution in [0.5, 0.6) is 0 Å². The molecule has 0 atom stereocenters. The molecule has 3 rings (SSSR count). The molecule has 0 saturated carbocycles. The SMILES string of the molecule is CCC(CC)c1cc(CNC(=NC)NCCCN2CCc3ccccc3C2)on1. The smallest absolute Gasteiger partial charge is 0.191 e. The van der Waals surface area contributed by atoms with E-state index < -0.39 is 0 Å². The average molecular weight is 398 g/mol. The molecule has 0 saturated heterocycles. The summed E-state index contributed by atoms with van der Waals surface area (Å²) in [5, 5.41) is 10.9. The van der Waals surface area contributed by atoms with Gasteiger partial charge in [-0.15, -0.1) is 0 Å². The summed E-state index contributed by atoms with van der Waals surface area (Å²) in [6.45, 7) is 9.17. The standard InChI is InChI=1S/C23H35N5O/c1-4-18(5-2)22-15-21(29-27-22)16-26-23(24-3)25-12-8-13-28-14-11-19-9-6-7-10-20(19)17-28/h6-7,9-10,15,18H,4-5,8,11-14,16-17H2,1-3H3,(H2,24,25,26). The predicted octanol–water partition coefficient (Wildman–Crippen LogP) is 3.69. The van der Waals surface area contributed by atoms with Crippen molar-refractivity contribution in [2.45, 2.75) is 58.5 Å². The van der Waals surface area contributed by atoms with E-state index >= 15 is 0 Å². The lowest BCUT2D eigenvalue weighted by molar-refractivity contribution is 0.251. The minimum atomic E-state index is 0.478. The Morgan fingerprint density at radius 1 is 1.21 bits per heavy atom. The number of benzene rings is 1. The molecule has 0 aliphatic carbocycles. The summed E-state index contributed by atoms with van der Waals surface area (Å²) < 4.78 is 5.48. The van der Waals surface area contributed by atoms with Crippen LogP contribution in [0.25, 0.3) is 0 Å². The highest BCUT2D eigenvalue weighted by Crippen LogP contribution is 2.22. The van der Waals surface area contributed by atoms with Crippen LogP contribution in [0.1, 0.15) is 61.6 Å². The topological polar surface area (TPSA) is 65.7 Å². The van der Waals surface area contributed by atoms with E-state index in [-0.39, 0.29) is 0 Å². The first-order valence-electron chi connectivity index (χ1n) is 10.9. The van der Waals surface area contributed by atoms with Crippen molar-refractivity contribution in [2.24, 2.45) is 4.99 Å². The van der Waals surface area contributed by atoms with Crippen LogP contribution < -0.4 is 10.6 Å². The number of hydrogen-bond donors (Lipinski definition) is 2. The van der Waals surface area contributed by atoms with Crippen molar-refractivity contribution in [3.63, 3.8) is 0 Å². The average Bonchev–Trinajstić information content (AvgIpc) is 3.22. The zero-order valence-corrected chi connectivity index (χ0v) is 18.1. The summed E-state index contributed by atoms with van der Waals surface area (Å²) in [7, 11) is 1.80. The van der Waals surface area contributed by atoms with Gasteiger partial charge in [0.05, 0.1) is 12.2 Å². The Bertz CT molecular complexity index is 781. The second kappa shape index (κ2) is 11.0. The summed E-state index contributed by atoms with van der Waals surface area (Å²) in [5.74, 6) is 2.13. The lowest BCUT2D eigenvalue weighted by Crippen LogP contribution is -2.39. The fourth-order valence-electron chi connectivity index (χ4n) is 3.96. The van der Waals surface area contributed by atoms with Gasteiger partial charge in [-0.1, -0.05) is 43.3 Å². The molecule has 2 aromatic rings. The van der Waals surface area contributed by atoms with Crippen LogP contribution >= 0.6 is 0 Å². The van der Waals surface area contributed by atoms with Crippen LogP contribution in [0.2, 0.25) is 0 Å². The molecular formula is C23H35N5O. The molecular weight excluding hydrogens is 362 g/mol. The number of guanidine groups is 1. The number of nitrogens with zero attached hydrogens (tertiary/aromatic N) is 3. The third kappa shape index (κ3) is 6.07. The van der Waals surface area contributed by atoms with Crippen LogP contribution in [-0.2, 0) is 19.5 Å². The van der Waals surface area contributed by atoms with E-state index in [9.17, 15) is 0 Å². The van der Waals surface area contributed by atoms with Crippen LogP contribution in [-0.4, -0.2) is 42.7 Å². The molecule has 0 fully saturated rings. The highest BCUT2D eigenvalue weighted by atomic mass is 16.5. The second-order valence-corrected chi connectivity index (χ2v) is 7.73. The largest absolute Gasteiger partial charge is 0.359 e. The van der Waals surface area contributed by atoms with Gasteiger partial charge >= 0.3 is 0 Å². The molecule has 1 aliphatic heterocycles. The fraction of sp³-hybridized carbons (Fsp3) is 0.565. The molecule has 1 aliphatic rings. The maximum Gasteiger partial charge on any atom is 0.191 e. The first kappa shape index (κ1) is 21.4. The van der Waals surface area contributed by atoms with E-state index in [1.165, 1.54) is 11.1 Å². The Hall–Kier alpha value is -2.34. The third-order valence-electron chi connectivity index (χ3n) is 5.79. The number of rotatable bonds is 9. The van der Waals surface area contributed by atoms with Crippen molar-refractivity contribution < 1.29 is 4.52 Å². The summed E-state index contributed by atoms with van der Waals surface area (Å²) in [5.41, 5.74) is 4.04. The van der Waals surface area contributed by atoms with Crippen molar-refractivity contribution in [1.82, 2.24) is 20.7 Å². The van der Waals surface area contributed by atoms with Crippen LogP contribution in [0.4, 0.5) is 0 Å². The van der Waals surface area contributed by atoms with E-state index in [0.29, 0.717) is 12.5 Å². The number of nitrogens with one attached hydrogen (secondary N) is 2. The van der Waals surface area contributed by atoms with Gasteiger partial charge < -0.3 is 15.2 Å². The molecule has 0 unspecified atom stereocenters. The lowest BCUT2D eigenvalue weighted by atomic mass is 9.99. The van der Waals surface area contributed by atoms with Crippen LogP contribution in [0.15, 0.2) is 39.8 Å². The Labute approximate surface area is 174 Å². The van der Waals surface area contributed by atoms with Crippen molar-refractivity contribution >= 4 is 5.96 Å². The normalized spacial score (nSPS) is 14.8. The first-order valence-corrected chi connectivity index (χ1v) is 10.9. The molecule has 1 aromatic heterocycles. The monoisotopic (exact) mass is 397 g/mol. The first-order chi connectivity index (χ1) is 14.2. The molecule has 29 heavy (non-hydrogen) atoms. The molecule has 0 radical (unpaired) electrons. The highest BCUT2D eigenvalue weighted by Gasteiger charge is 2.15. The van der Waals surface area contributed by atoms with Crippen molar-refractivity contribution in [3.8, 4) is 0 Å². The molecule has 0 spiro atoms. The van der Waals surface area contributed by atoms with E-state index in [4.69, 9.17) is 4.52 Å². The van der Waals surface area contributed by atoms with Gasteiger partial charge in [-0.3, -0.25) is 9.89 Å². The van der Waals surface area contributed by atoms with E-state index in [1.54, 1.807) is 7.05 Å². The Morgan fingerprint density at radius 3 is 2.76 bits per heavy atom. The van der Waals surface area contributed by atoms with Crippen molar-refractivity contribution in [3.05, 3.63) is 52.9 Å². The maximum atomic E-state index is 5.48. The molecule has 6 heteroatoms. The molecule has 158 valence electrons. The zero-order chi connectivity index (χ0) is 20.5. The van der Waals surface area contributed by atoms with Gasteiger partial charge in [0.2, 0.25) is 0 Å². The predicted molar refractivity (Wildman–Crippen MR) is 118 cm³/mol. The molecule has 0 bridgehead atoms. The van der Waals surface area contributed by atoms with Gasteiger partial charge in [-0.2, -0.15) is 0 Å². The Kier molecular flexibility index (Phi) is 8.11. The number of aromatic nitrogens is 1. The molecule has 1 aromatic carbocycles. The molecule has 6 nitrogen and oxygen atoms in total. The summed E-state index contributed by atoms with van der Waals surface area (Å²) in [6.07, 6.45) is 4.41. The molecule has 0 amide bonds. The molecule has 2 heterocycles. The third-order valence-corrected chi connectivity index (χ3v) is 5.79. The van der Waals surface area contributed by atoms with Gasteiger partial charge in [0.15, 0.2) is 11.7 Å². The lowest BCUT2D eigenvalue weighted by Gasteiger charge is -2.28. The van der Waals surface area contributed by atoms with Gasteiger partial charge in [-0.25, -0.2) is 0 Å². The minimum absolute atomic E-state index is 0.478. The van der Waals surface area contributed by atoms with Gasteiger partial charge in [-0.05, 0) is 36.8 Å². The quantitative estimate of drug-likeness (QED) is 0.384. The van der Waals surface area contributed by atoms with Gasteiger partial charge in [0, 0.05) is 45.2 Å². The number of fused-ring (bicyclic) bond motifs is 1. The van der Waals surface area contributed by atoms with Crippen molar-refractivity contribution in [2.75, 3.05) is 26.7 Å². The fourth-order valence-corrected chi connectivity index (χ4v) is 3.96. The van der Waals surface area contributed by atoms with Crippen LogP contribution in [0, 0.1) is 0 Å². The second-order valence-electron chi connectivity index (χ2n) is 7.73. The molecule has 2 N–H and O–H groups in total. The van der Waals surface area contributed by atoms with Crippen molar-refractivity contribution in [1.29, 1.82) is 0 Å². The van der Waals surface area contributed by atoms with E-state index in [1.807, 2.05) is 0 Å². The number of aliphatic imine (C=N–C) groups is 1. The van der Waals surface area contributed by atoms with E-state index in [2.05, 4.69) is 69.9 Å². The summed E-state index contributed by atoms with van der Waals surface area (Å²) in [4.78, 5) is 6.85.